The SMILES string of the molecule is CC(C(=O)O)N(C)C(=O)c1ccc2c(c1)NC(=O)CCN2C. The Morgan fingerprint density at radius 2 is 2.09 bits per heavy atom. The van der Waals surface area contributed by atoms with Gasteiger partial charge in [0.2, 0.25) is 5.91 Å². The second-order valence-corrected chi connectivity index (χ2v) is 5.38. The fraction of sp³-hybridized carbons (Fsp3) is 0.400. The number of carbonyl (C=O) groups excluding carboxylic acids is 2. The third-order valence-electron chi connectivity index (χ3n) is 3.86. The zero-order chi connectivity index (χ0) is 16.4. The molecule has 1 aliphatic rings. The lowest BCUT2D eigenvalue weighted by Gasteiger charge is -2.23. The highest BCUT2D eigenvalue weighted by atomic mass is 16.4. The number of anilines is 2. The van der Waals surface area contributed by atoms with E-state index >= 15 is 0 Å². The molecule has 2 rings (SSSR count). The Hall–Kier alpha value is -2.57. The van der Waals surface area contributed by atoms with Gasteiger partial charge in [-0.25, -0.2) is 4.79 Å². The van der Waals surface area contributed by atoms with Crippen LogP contribution in [0.2, 0.25) is 0 Å². The van der Waals surface area contributed by atoms with Gasteiger partial charge in [0.1, 0.15) is 6.04 Å². The Bertz CT molecular complexity index is 629. The van der Waals surface area contributed by atoms with E-state index in [1.54, 1.807) is 18.2 Å². The number of aliphatic carboxylic acids is 1. The molecule has 0 spiro atoms. The summed E-state index contributed by atoms with van der Waals surface area (Å²) in [7, 11) is 3.32. The van der Waals surface area contributed by atoms with Crippen LogP contribution in [0, 0.1) is 0 Å². The van der Waals surface area contributed by atoms with Gasteiger partial charge in [-0.3, -0.25) is 9.59 Å². The van der Waals surface area contributed by atoms with Gasteiger partial charge >= 0.3 is 5.97 Å². The molecule has 2 amide bonds. The zero-order valence-corrected chi connectivity index (χ0v) is 12.8. The maximum atomic E-state index is 12.4. The Kier molecular flexibility index (Phi) is 4.35. The number of carbonyl (C=O) groups is 3. The average Bonchev–Trinajstić information content (AvgIpc) is 2.63. The Morgan fingerprint density at radius 1 is 1.41 bits per heavy atom. The molecule has 1 aromatic rings. The smallest absolute Gasteiger partial charge is 0.326 e. The van der Waals surface area contributed by atoms with Gasteiger partial charge in [-0.1, -0.05) is 0 Å². The average molecular weight is 305 g/mol. The highest BCUT2D eigenvalue weighted by molar-refractivity contribution is 6.01. The van der Waals surface area contributed by atoms with Crippen LogP contribution >= 0.6 is 0 Å². The van der Waals surface area contributed by atoms with Gasteiger partial charge in [-0.2, -0.15) is 0 Å². The molecule has 0 radical (unpaired) electrons. The van der Waals surface area contributed by atoms with Gasteiger partial charge in [0.15, 0.2) is 0 Å². The van der Waals surface area contributed by atoms with E-state index in [1.807, 2.05) is 11.9 Å². The number of benzene rings is 1. The minimum atomic E-state index is -1.07. The molecule has 7 nitrogen and oxygen atoms in total. The van der Waals surface area contributed by atoms with E-state index in [4.69, 9.17) is 5.11 Å². The molecule has 1 atom stereocenters. The molecule has 22 heavy (non-hydrogen) atoms. The van der Waals surface area contributed by atoms with Crippen LogP contribution in [-0.2, 0) is 9.59 Å². The molecule has 0 fully saturated rings. The van der Waals surface area contributed by atoms with Crippen LogP contribution in [0.5, 0.6) is 0 Å². The summed E-state index contributed by atoms with van der Waals surface area (Å²) in [6.45, 7) is 2.04. The van der Waals surface area contributed by atoms with Gasteiger partial charge in [0.05, 0.1) is 11.4 Å². The van der Waals surface area contributed by atoms with Crippen molar-refractivity contribution in [1.29, 1.82) is 0 Å². The van der Waals surface area contributed by atoms with Crippen LogP contribution in [0.25, 0.3) is 0 Å². The molecule has 0 saturated heterocycles. The van der Waals surface area contributed by atoms with E-state index in [0.717, 1.165) is 10.6 Å². The number of amides is 2. The second-order valence-electron chi connectivity index (χ2n) is 5.38. The number of hydrogen-bond donors (Lipinski definition) is 2. The van der Waals surface area contributed by atoms with Crippen molar-refractivity contribution in [1.82, 2.24) is 4.90 Å². The Labute approximate surface area is 128 Å². The highest BCUT2D eigenvalue weighted by Crippen LogP contribution is 2.29. The van der Waals surface area contributed by atoms with E-state index in [-0.39, 0.29) is 5.91 Å². The van der Waals surface area contributed by atoms with Gasteiger partial charge < -0.3 is 20.2 Å². The topological polar surface area (TPSA) is 90.0 Å². The van der Waals surface area contributed by atoms with Crippen LogP contribution in [0.1, 0.15) is 23.7 Å². The number of nitrogens with one attached hydrogen (secondary N) is 1. The number of carboxylic acids is 1. The van der Waals surface area contributed by atoms with Crippen LogP contribution in [-0.4, -0.2) is 54.5 Å². The van der Waals surface area contributed by atoms with Gasteiger partial charge in [0, 0.05) is 32.6 Å². The summed E-state index contributed by atoms with van der Waals surface area (Å²) >= 11 is 0. The number of nitrogens with zero attached hydrogens (tertiary/aromatic N) is 2. The lowest BCUT2D eigenvalue weighted by molar-refractivity contribution is -0.141. The summed E-state index contributed by atoms with van der Waals surface area (Å²) in [5.74, 6) is -1.58. The molecule has 2 N–H and O–H groups in total. The second kappa shape index (κ2) is 6.05. The zero-order valence-electron chi connectivity index (χ0n) is 12.8. The summed E-state index contributed by atoms with van der Waals surface area (Å²) < 4.78 is 0. The van der Waals surface area contributed by atoms with E-state index in [1.165, 1.54) is 14.0 Å². The third-order valence-corrected chi connectivity index (χ3v) is 3.86. The molecular weight excluding hydrogens is 286 g/mol. The first-order valence-corrected chi connectivity index (χ1v) is 6.96. The largest absolute Gasteiger partial charge is 0.480 e. The number of carboxylic acid groups (broad SMARTS) is 1. The van der Waals surface area contributed by atoms with Crippen molar-refractivity contribution in [2.24, 2.45) is 0 Å². The quantitative estimate of drug-likeness (QED) is 0.870. The van der Waals surface area contributed by atoms with Gasteiger partial charge in [-0.15, -0.1) is 0 Å². The van der Waals surface area contributed by atoms with Crippen LogP contribution in [0.4, 0.5) is 11.4 Å². The summed E-state index contributed by atoms with van der Waals surface area (Å²) in [4.78, 5) is 38.1. The molecule has 1 heterocycles. The summed E-state index contributed by atoms with van der Waals surface area (Å²) in [5.41, 5.74) is 1.73. The summed E-state index contributed by atoms with van der Waals surface area (Å²) in [5, 5.41) is 11.8. The number of hydrogen-bond acceptors (Lipinski definition) is 4. The standard InChI is InChI=1S/C15H19N3O4/c1-9(15(21)22)18(3)14(20)10-4-5-12-11(8-10)16-13(19)6-7-17(12)2/h4-5,8-9H,6-7H2,1-3H3,(H,16,19)(H,21,22). The van der Waals surface area contributed by atoms with E-state index < -0.39 is 17.9 Å². The lowest BCUT2D eigenvalue weighted by atomic mass is 10.1. The first-order chi connectivity index (χ1) is 10.3. The first kappa shape index (κ1) is 15.8. The first-order valence-electron chi connectivity index (χ1n) is 6.96. The fourth-order valence-corrected chi connectivity index (χ4v) is 2.25. The predicted molar refractivity (Wildman–Crippen MR) is 82.2 cm³/mol. The van der Waals surface area contributed by atoms with E-state index in [9.17, 15) is 14.4 Å². The Balaban J connectivity index is 2.32. The summed E-state index contributed by atoms with van der Waals surface area (Å²) in [6.07, 6.45) is 0.379. The highest BCUT2D eigenvalue weighted by Gasteiger charge is 2.24. The lowest BCUT2D eigenvalue weighted by Crippen LogP contribution is -2.40. The number of likely N-dealkylation sites (N-methyl/N-ethyl adjacent to an activating group) is 1. The van der Waals surface area contributed by atoms with Gasteiger partial charge in [-0.05, 0) is 25.1 Å². The number of rotatable bonds is 3. The predicted octanol–water partition coefficient (Wildman–Crippen LogP) is 1.01. The molecule has 1 aliphatic heterocycles. The maximum absolute atomic E-state index is 12.4. The number of fused-ring (bicyclic) bond motifs is 1. The van der Waals surface area contributed by atoms with Crippen LogP contribution in [0.15, 0.2) is 18.2 Å². The molecule has 1 aromatic carbocycles. The Morgan fingerprint density at radius 3 is 2.73 bits per heavy atom. The van der Waals surface area contributed by atoms with Crippen LogP contribution in [0.3, 0.4) is 0 Å². The maximum Gasteiger partial charge on any atom is 0.326 e. The third kappa shape index (κ3) is 3.03. The van der Waals surface area contributed by atoms with Crippen molar-refractivity contribution in [2.45, 2.75) is 19.4 Å². The molecule has 7 heteroatoms. The molecule has 0 saturated carbocycles. The minimum absolute atomic E-state index is 0.109. The van der Waals surface area contributed by atoms with Crippen molar-refractivity contribution in [2.75, 3.05) is 30.9 Å². The fourth-order valence-electron chi connectivity index (χ4n) is 2.25. The van der Waals surface area contributed by atoms with Gasteiger partial charge in [0.25, 0.3) is 5.91 Å². The van der Waals surface area contributed by atoms with Crippen molar-refractivity contribution < 1.29 is 19.5 Å². The minimum Gasteiger partial charge on any atom is -0.480 e. The van der Waals surface area contributed by atoms with E-state index in [0.29, 0.717) is 24.2 Å². The monoisotopic (exact) mass is 305 g/mol. The molecular formula is C15H19N3O4. The van der Waals surface area contributed by atoms with Crippen molar-refractivity contribution in [3.05, 3.63) is 23.8 Å². The molecule has 0 aromatic heterocycles. The molecule has 0 aliphatic carbocycles. The van der Waals surface area contributed by atoms with E-state index in [2.05, 4.69) is 5.32 Å². The normalized spacial score (nSPS) is 15.4. The molecule has 118 valence electrons. The molecule has 1 unspecified atom stereocenters. The van der Waals surface area contributed by atoms with Crippen LogP contribution < -0.4 is 10.2 Å². The molecule has 0 bridgehead atoms. The van der Waals surface area contributed by atoms with Crippen molar-refractivity contribution in [3.63, 3.8) is 0 Å². The van der Waals surface area contributed by atoms with Crippen molar-refractivity contribution in [3.8, 4) is 0 Å². The summed E-state index contributed by atoms with van der Waals surface area (Å²) in [6, 6.07) is 4.06. The van der Waals surface area contributed by atoms with Crippen molar-refractivity contribution >= 4 is 29.2 Å².